The van der Waals surface area contributed by atoms with Crippen molar-refractivity contribution in [2.24, 2.45) is 0 Å². The molecule has 8 nitrogen and oxygen atoms in total. The smallest absolute Gasteiger partial charge is 0.229 e. The number of halogens is 1. The molecule has 0 spiro atoms. The van der Waals surface area contributed by atoms with Crippen molar-refractivity contribution >= 4 is 40.6 Å². The van der Waals surface area contributed by atoms with Gasteiger partial charge in [0.05, 0.1) is 18.9 Å². The highest BCUT2D eigenvalue weighted by Crippen LogP contribution is 2.39. The van der Waals surface area contributed by atoms with Crippen LogP contribution in [0.5, 0.6) is 0 Å². The predicted octanol–water partition coefficient (Wildman–Crippen LogP) is 3.04. The molecule has 0 saturated carbocycles. The molecular formula is C20H29ClN6O2. The van der Waals surface area contributed by atoms with E-state index in [-0.39, 0.29) is 6.04 Å². The molecule has 1 aromatic carbocycles. The molecule has 2 aromatic rings. The minimum atomic E-state index is -0.589. The van der Waals surface area contributed by atoms with Crippen molar-refractivity contribution in [3.63, 3.8) is 0 Å². The van der Waals surface area contributed by atoms with E-state index < -0.39 is 12.2 Å². The lowest BCUT2D eigenvalue weighted by atomic mass is 10.3. The van der Waals surface area contributed by atoms with Gasteiger partial charge in [0.15, 0.2) is 11.6 Å². The summed E-state index contributed by atoms with van der Waals surface area (Å²) >= 11 is 6.13. The molecule has 0 bridgehead atoms. The fourth-order valence-electron chi connectivity index (χ4n) is 3.28. The summed E-state index contributed by atoms with van der Waals surface area (Å²) in [5.41, 5.74) is 1.63. The molecule has 9 heteroatoms. The van der Waals surface area contributed by atoms with Crippen LogP contribution in [0.3, 0.4) is 0 Å². The van der Waals surface area contributed by atoms with Crippen LogP contribution in [0.25, 0.3) is 0 Å². The molecular weight excluding hydrogens is 392 g/mol. The van der Waals surface area contributed by atoms with Crippen molar-refractivity contribution in [1.29, 1.82) is 0 Å². The Morgan fingerprint density at radius 1 is 1.17 bits per heavy atom. The Morgan fingerprint density at radius 2 is 1.86 bits per heavy atom. The number of anilines is 5. The van der Waals surface area contributed by atoms with Crippen LogP contribution >= 0.6 is 11.6 Å². The molecule has 158 valence electrons. The molecule has 2 unspecified atom stereocenters. The van der Waals surface area contributed by atoms with E-state index in [0.717, 1.165) is 17.2 Å². The molecule has 1 aliphatic rings. The monoisotopic (exact) mass is 420 g/mol. The third-order valence-corrected chi connectivity index (χ3v) is 4.77. The Hall–Kier alpha value is -2.29. The zero-order chi connectivity index (χ0) is 21.1. The molecule has 0 amide bonds. The summed E-state index contributed by atoms with van der Waals surface area (Å²) in [6.45, 7) is 8.87. The van der Waals surface area contributed by atoms with E-state index in [1.807, 2.05) is 24.3 Å². The van der Waals surface area contributed by atoms with E-state index in [1.54, 1.807) is 18.7 Å². The zero-order valence-electron chi connectivity index (χ0n) is 17.2. The number of aromatic nitrogens is 2. The van der Waals surface area contributed by atoms with Gasteiger partial charge in [-0.05, 0) is 45.9 Å². The van der Waals surface area contributed by atoms with E-state index >= 15 is 0 Å². The summed E-state index contributed by atoms with van der Waals surface area (Å²) in [7, 11) is 0. The van der Waals surface area contributed by atoms with Crippen molar-refractivity contribution in [2.75, 3.05) is 40.2 Å². The van der Waals surface area contributed by atoms with Crippen LogP contribution in [-0.4, -0.2) is 58.2 Å². The minimum Gasteiger partial charge on any atom is -0.392 e. The van der Waals surface area contributed by atoms with Crippen LogP contribution in [0.1, 0.15) is 27.7 Å². The lowest BCUT2D eigenvalue weighted by Gasteiger charge is -2.27. The van der Waals surface area contributed by atoms with Crippen molar-refractivity contribution < 1.29 is 10.2 Å². The number of aliphatic hydroxyl groups is 2. The van der Waals surface area contributed by atoms with Crippen LogP contribution in [0, 0.1) is 0 Å². The van der Waals surface area contributed by atoms with E-state index in [0.29, 0.717) is 36.5 Å². The van der Waals surface area contributed by atoms with Crippen LogP contribution in [0.4, 0.5) is 29.0 Å². The second-order valence-corrected chi connectivity index (χ2v) is 8.14. The van der Waals surface area contributed by atoms with Gasteiger partial charge in [-0.2, -0.15) is 9.97 Å². The van der Waals surface area contributed by atoms with Gasteiger partial charge in [-0.3, -0.25) is 0 Å². The summed E-state index contributed by atoms with van der Waals surface area (Å²) in [6, 6.07) is 7.67. The molecule has 2 atom stereocenters. The molecule has 4 N–H and O–H groups in total. The summed E-state index contributed by atoms with van der Waals surface area (Å²) in [4.78, 5) is 13.4. The third kappa shape index (κ3) is 5.20. The first kappa shape index (κ1) is 21.4. The van der Waals surface area contributed by atoms with Crippen molar-refractivity contribution in [3.8, 4) is 0 Å². The Morgan fingerprint density at radius 3 is 2.45 bits per heavy atom. The van der Waals surface area contributed by atoms with Gasteiger partial charge in [0.2, 0.25) is 5.95 Å². The number of hydrogen-bond acceptors (Lipinski definition) is 8. The summed E-state index contributed by atoms with van der Waals surface area (Å²) in [6.07, 6.45) is -1.18. The molecule has 0 aliphatic carbocycles. The molecule has 0 fully saturated rings. The average Bonchev–Trinajstić information content (AvgIpc) is 3.05. The Labute approximate surface area is 176 Å². The van der Waals surface area contributed by atoms with Crippen LogP contribution in [0.15, 0.2) is 24.3 Å². The van der Waals surface area contributed by atoms with Crippen LogP contribution in [0.2, 0.25) is 5.02 Å². The maximum absolute atomic E-state index is 9.93. The van der Waals surface area contributed by atoms with Gasteiger partial charge >= 0.3 is 0 Å². The SMILES string of the molecule is CC(O)CN(CC(C)O)c1nc(Nc2cccc(Cl)c2)c2c(n1)N(C(C)C)CN2. The quantitative estimate of drug-likeness (QED) is 0.517. The van der Waals surface area contributed by atoms with E-state index in [1.165, 1.54) is 0 Å². The van der Waals surface area contributed by atoms with Gasteiger partial charge < -0.3 is 30.6 Å². The van der Waals surface area contributed by atoms with Crippen molar-refractivity contribution in [1.82, 2.24) is 9.97 Å². The highest BCUT2D eigenvalue weighted by Gasteiger charge is 2.29. The van der Waals surface area contributed by atoms with Crippen molar-refractivity contribution in [2.45, 2.75) is 45.9 Å². The standard InChI is InChI=1S/C20H29ClN6O2/c1-12(2)27-11-22-17-18(23-16-7-5-6-15(21)8-16)24-20(25-19(17)27)26(9-13(3)28)10-14(4)29/h5-8,12-14,22,28-29H,9-11H2,1-4H3,(H,23,24,25). The maximum Gasteiger partial charge on any atom is 0.229 e. The topological polar surface area (TPSA) is 96.8 Å². The second-order valence-electron chi connectivity index (χ2n) is 7.71. The fourth-order valence-corrected chi connectivity index (χ4v) is 3.48. The van der Waals surface area contributed by atoms with Gasteiger partial charge in [0.25, 0.3) is 0 Å². The summed E-state index contributed by atoms with van der Waals surface area (Å²) in [5, 5.41) is 27.2. The first-order chi connectivity index (χ1) is 13.7. The number of hydrogen-bond donors (Lipinski definition) is 4. The molecule has 0 radical (unpaired) electrons. The number of fused-ring (bicyclic) bond motifs is 1. The van der Waals surface area contributed by atoms with Crippen LogP contribution in [-0.2, 0) is 0 Å². The Kier molecular flexibility index (Phi) is 6.66. The van der Waals surface area contributed by atoms with Gasteiger partial charge in [0, 0.05) is 29.8 Å². The van der Waals surface area contributed by atoms with Gasteiger partial charge in [0.1, 0.15) is 5.69 Å². The van der Waals surface area contributed by atoms with Crippen LogP contribution < -0.4 is 20.4 Å². The molecule has 29 heavy (non-hydrogen) atoms. The lowest BCUT2D eigenvalue weighted by molar-refractivity contribution is 0.177. The fraction of sp³-hybridized carbons (Fsp3) is 0.500. The highest BCUT2D eigenvalue weighted by atomic mass is 35.5. The third-order valence-electron chi connectivity index (χ3n) is 4.54. The summed E-state index contributed by atoms with van der Waals surface area (Å²) < 4.78 is 0. The number of benzene rings is 1. The van der Waals surface area contributed by atoms with E-state index in [2.05, 4.69) is 29.4 Å². The average molecular weight is 421 g/mol. The number of nitrogens with one attached hydrogen (secondary N) is 2. The minimum absolute atomic E-state index is 0.243. The normalized spacial score (nSPS) is 15.1. The number of nitrogens with zero attached hydrogens (tertiary/aromatic N) is 4. The Balaban J connectivity index is 2.05. The number of rotatable bonds is 8. The zero-order valence-corrected chi connectivity index (χ0v) is 18.0. The predicted molar refractivity (Wildman–Crippen MR) is 118 cm³/mol. The first-order valence-corrected chi connectivity index (χ1v) is 10.2. The highest BCUT2D eigenvalue weighted by molar-refractivity contribution is 6.30. The number of aliphatic hydroxyl groups excluding tert-OH is 2. The molecule has 3 rings (SSSR count). The molecule has 1 aromatic heterocycles. The van der Waals surface area contributed by atoms with Gasteiger partial charge in [-0.1, -0.05) is 17.7 Å². The lowest BCUT2D eigenvalue weighted by Crippen LogP contribution is -2.38. The van der Waals surface area contributed by atoms with Crippen molar-refractivity contribution in [3.05, 3.63) is 29.3 Å². The second kappa shape index (κ2) is 9.02. The molecule has 0 saturated heterocycles. The first-order valence-electron chi connectivity index (χ1n) is 9.80. The van der Waals surface area contributed by atoms with Gasteiger partial charge in [-0.25, -0.2) is 0 Å². The van der Waals surface area contributed by atoms with E-state index in [9.17, 15) is 10.2 Å². The van der Waals surface area contributed by atoms with E-state index in [4.69, 9.17) is 21.6 Å². The Bertz CT molecular complexity index is 836. The maximum atomic E-state index is 9.93. The molecule has 2 heterocycles. The van der Waals surface area contributed by atoms with Gasteiger partial charge in [-0.15, -0.1) is 0 Å². The largest absolute Gasteiger partial charge is 0.392 e. The summed E-state index contributed by atoms with van der Waals surface area (Å²) in [5.74, 6) is 1.86. The molecule has 1 aliphatic heterocycles.